The number of fused-ring (bicyclic) bond motifs is 2. The van der Waals surface area contributed by atoms with Gasteiger partial charge < -0.3 is 0 Å². The Bertz CT molecular complexity index is 3030. The first kappa shape index (κ1) is 46.9. The summed E-state index contributed by atoms with van der Waals surface area (Å²) in [5, 5.41) is 0. The van der Waals surface area contributed by atoms with Crippen LogP contribution < -0.4 is 0 Å². The first-order chi connectivity index (χ1) is 34.0. The van der Waals surface area contributed by atoms with Crippen molar-refractivity contribution in [3.05, 3.63) is 322 Å². The van der Waals surface area contributed by atoms with E-state index >= 15 is 0 Å². The monoisotopic (exact) mass is 1060 g/mol. The summed E-state index contributed by atoms with van der Waals surface area (Å²) in [4.78, 5) is 0. The Morgan fingerprint density at radius 2 is 0.754 bits per heavy atom. The molecule has 0 saturated carbocycles. The van der Waals surface area contributed by atoms with Crippen LogP contribution in [0.2, 0.25) is 12.1 Å². The summed E-state index contributed by atoms with van der Waals surface area (Å²) in [6.45, 7) is 4.46. The molecule has 0 radical (unpaired) electrons. The van der Waals surface area contributed by atoms with Gasteiger partial charge in [0.1, 0.15) is 0 Å². The maximum absolute atomic E-state index is 2.54. The van der Waals surface area contributed by atoms with Gasteiger partial charge in [0.05, 0.1) is 0 Å². The molecule has 69 heavy (non-hydrogen) atoms. The number of hydrogen-bond donors (Lipinski definition) is 0. The van der Waals surface area contributed by atoms with Crippen LogP contribution in [0.5, 0.6) is 0 Å². The molecule has 0 nitrogen and oxygen atoms in total. The molecule has 0 bridgehead atoms. The Labute approximate surface area is 435 Å². The molecule has 8 aromatic carbocycles. The summed E-state index contributed by atoms with van der Waals surface area (Å²) in [7, 11) is -0.612. The van der Waals surface area contributed by atoms with E-state index in [0.717, 1.165) is 12.1 Å². The van der Waals surface area contributed by atoms with Crippen molar-refractivity contribution in [1.29, 1.82) is 0 Å². The second-order valence-corrected chi connectivity index (χ2v) is 27.8. The van der Waals surface area contributed by atoms with Crippen molar-refractivity contribution in [2.45, 2.75) is 32.2 Å². The summed E-state index contributed by atoms with van der Waals surface area (Å²) >= 11 is -2.77. The summed E-state index contributed by atoms with van der Waals surface area (Å²) in [5.74, 6) is 0. The van der Waals surface area contributed by atoms with E-state index in [4.69, 9.17) is 0 Å². The quantitative estimate of drug-likeness (QED) is 0.0668. The molecule has 0 saturated heterocycles. The van der Waals surface area contributed by atoms with Crippen molar-refractivity contribution < 1.29 is 46.5 Å². The fourth-order valence-electron chi connectivity index (χ4n) is 10.1. The van der Waals surface area contributed by atoms with Crippen LogP contribution in [0.3, 0.4) is 0 Å². The van der Waals surface area contributed by atoms with Crippen LogP contribution in [0.1, 0.15) is 66.8 Å². The number of rotatable bonds is 16. The SMILES string of the molecule is Cc1cccc([C]2([Zr][C](=CC=C(C[SiH2]CC(=CC=[C]([Zr][C]3(c4cccc(C)c4)C=Cc4ccccc43)c3ccccc3)c3ccccc3)c3ccccc3)c3ccccc3)C=Cc3ccccc32)c1. The van der Waals surface area contributed by atoms with Gasteiger partial charge >= 0.3 is 440 Å². The summed E-state index contributed by atoms with van der Waals surface area (Å²) in [6.07, 6.45) is 19.9. The van der Waals surface area contributed by atoms with E-state index in [-0.39, 0.29) is 6.25 Å². The van der Waals surface area contributed by atoms with Crippen molar-refractivity contribution >= 4 is 39.4 Å². The normalized spacial score (nSPS) is 17.8. The van der Waals surface area contributed by atoms with Crippen LogP contribution in [0.15, 0.2) is 255 Å². The minimum absolute atomic E-state index is 0.106. The molecule has 0 aliphatic heterocycles. The fraction of sp³-hybridized carbons (Fsp3) is 0.0909. The van der Waals surface area contributed by atoms with E-state index in [9.17, 15) is 0 Å². The van der Waals surface area contributed by atoms with Gasteiger partial charge in [-0.05, 0) is 0 Å². The van der Waals surface area contributed by atoms with Crippen molar-refractivity contribution in [2.75, 3.05) is 0 Å². The van der Waals surface area contributed by atoms with Crippen LogP contribution >= 0.6 is 0 Å². The Morgan fingerprint density at radius 1 is 0.391 bits per heavy atom. The van der Waals surface area contributed by atoms with Crippen LogP contribution in [-0.4, -0.2) is 9.52 Å². The van der Waals surface area contributed by atoms with Crippen LogP contribution in [0.4, 0.5) is 0 Å². The third-order valence-electron chi connectivity index (χ3n) is 13.7. The maximum atomic E-state index is 2.54. The molecular weight excluding hydrogens is 1000 g/mol. The topological polar surface area (TPSA) is 0 Å². The molecule has 0 amide bonds. The van der Waals surface area contributed by atoms with E-state index in [2.05, 4.69) is 281 Å². The predicted molar refractivity (Wildman–Crippen MR) is 291 cm³/mol. The minimum atomic E-state index is -1.39. The van der Waals surface area contributed by atoms with Gasteiger partial charge in [0.2, 0.25) is 0 Å². The molecule has 0 fully saturated rings. The predicted octanol–water partition coefficient (Wildman–Crippen LogP) is 16.0. The standard InChI is InChI=1S/C34H30Si.2C16H13.2Zr/c1-5-15-29(16-6-1)19-13-25-33(31-21-9-3-10-22-31)27-35-28-34(32-23-11-4-12-24-32)26-14-20-30-17-7-2-8-18-30;2*1-12-5-4-7-14(11-12)16-10-9-13-6-2-3-8-15(13)16;;/h1-18,21-26H,27-28,35H2;2*2-11H,1H3;;. The van der Waals surface area contributed by atoms with E-state index < -0.39 is 56.0 Å². The van der Waals surface area contributed by atoms with Gasteiger partial charge in [-0.3, -0.25) is 0 Å². The average molecular weight is 1060 g/mol. The van der Waals surface area contributed by atoms with Crippen LogP contribution in [0.25, 0.3) is 29.9 Å². The van der Waals surface area contributed by atoms with Gasteiger partial charge in [-0.2, -0.15) is 0 Å². The van der Waals surface area contributed by atoms with Crippen molar-refractivity contribution in [3.8, 4) is 0 Å². The van der Waals surface area contributed by atoms with E-state index in [1.807, 2.05) is 0 Å². The molecular formula is C66H56SiZr2. The molecule has 332 valence electrons. The molecule has 2 unspecified atom stereocenters. The average Bonchev–Trinajstić information content (AvgIpc) is 3.98. The molecule has 2 aliphatic rings. The van der Waals surface area contributed by atoms with E-state index in [0.29, 0.717) is 0 Å². The summed E-state index contributed by atoms with van der Waals surface area (Å²) in [6, 6.07) is 83.7. The Balaban J connectivity index is 1.01. The van der Waals surface area contributed by atoms with Crippen LogP contribution in [-0.2, 0) is 52.7 Å². The molecule has 0 heterocycles. The molecule has 2 atom stereocenters. The Hall–Kier alpha value is -5.82. The fourth-order valence-corrected chi connectivity index (χ4v) is 20.5. The molecule has 0 aromatic heterocycles. The first-order valence-corrected chi connectivity index (χ1v) is 31.2. The zero-order chi connectivity index (χ0) is 46.9. The Kier molecular flexibility index (Phi) is 14.9. The molecule has 0 spiro atoms. The first-order valence-electron chi connectivity index (χ1n) is 24.3. The second-order valence-electron chi connectivity index (χ2n) is 18.3. The second kappa shape index (κ2) is 21.9. The molecule has 2 aliphatic carbocycles. The van der Waals surface area contributed by atoms with Crippen molar-refractivity contribution in [2.24, 2.45) is 0 Å². The number of hydrogen-bond acceptors (Lipinski definition) is 0. The van der Waals surface area contributed by atoms with Gasteiger partial charge in [-0.1, -0.05) is 0 Å². The third-order valence-corrected chi connectivity index (χ3v) is 24.5. The van der Waals surface area contributed by atoms with Crippen molar-refractivity contribution in [3.63, 3.8) is 0 Å². The number of aryl methyl sites for hydroxylation is 2. The summed E-state index contributed by atoms with van der Waals surface area (Å²) in [5.41, 5.74) is 19.3. The van der Waals surface area contributed by atoms with Gasteiger partial charge in [-0.15, -0.1) is 0 Å². The van der Waals surface area contributed by atoms with Gasteiger partial charge in [0.15, 0.2) is 0 Å². The molecule has 8 aromatic rings. The number of allylic oxidation sites excluding steroid dienone is 8. The van der Waals surface area contributed by atoms with Gasteiger partial charge in [0, 0.05) is 0 Å². The third kappa shape index (κ3) is 10.5. The summed E-state index contributed by atoms with van der Waals surface area (Å²) < 4.78 is 2.80. The van der Waals surface area contributed by atoms with Crippen molar-refractivity contribution in [1.82, 2.24) is 0 Å². The molecule has 3 heteroatoms. The number of benzene rings is 8. The van der Waals surface area contributed by atoms with Gasteiger partial charge in [-0.25, -0.2) is 0 Å². The zero-order valence-electron chi connectivity index (χ0n) is 39.5. The molecule has 0 N–H and O–H groups in total. The zero-order valence-corrected chi connectivity index (χ0v) is 45.9. The van der Waals surface area contributed by atoms with Crippen LogP contribution in [0, 0.1) is 13.8 Å². The van der Waals surface area contributed by atoms with Gasteiger partial charge in [0.25, 0.3) is 0 Å². The van der Waals surface area contributed by atoms with E-state index in [1.165, 1.54) is 84.5 Å². The molecule has 10 rings (SSSR count). The van der Waals surface area contributed by atoms with E-state index in [1.54, 1.807) is 0 Å². The Morgan fingerprint density at radius 3 is 1.14 bits per heavy atom.